The molecule has 210 valence electrons. The lowest BCUT2D eigenvalue weighted by molar-refractivity contribution is -0.225. The van der Waals surface area contributed by atoms with Gasteiger partial charge < -0.3 is 33.5 Å². The third-order valence-corrected chi connectivity index (χ3v) is 10.0. The Balaban J connectivity index is 1.22. The van der Waals surface area contributed by atoms with Gasteiger partial charge in [-0.1, -0.05) is 40.0 Å². The van der Waals surface area contributed by atoms with E-state index < -0.39 is 54.4 Å². The van der Waals surface area contributed by atoms with E-state index in [0.29, 0.717) is 17.8 Å². The largest absolute Gasteiger partial charge is 0.509 e. The number of rotatable bonds is 3. The van der Waals surface area contributed by atoms with Crippen LogP contribution in [0.1, 0.15) is 104 Å². The van der Waals surface area contributed by atoms with E-state index in [-0.39, 0.29) is 6.10 Å². The van der Waals surface area contributed by atoms with E-state index in [4.69, 9.17) is 28.4 Å². The van der Waals surface area contributed by atoms with Crippen LogP contribution < -0.4 is 0 Å². The van der Waals surface area contributed by atoms with Crippen LogP contribution in [0.4, 0.5) is 4.79 Å². The molecule has 6 rings (SSSR count). The molecule has 0 bridgehead atoms. The van der Waals surface area contributed by atoms with E-state index in [0.717, 1.165) is 83.5 Å². The molecule has 4 saturated carbocycles. The summed E-state index contributed by atoms with van der Waals surface area (Å²) in [4.78, 5) is 13.2. The summed E-state index contributed by atoms with van der Waals surface area (Å²) in [5.41, 5.74) is 0. The van der Waals surface area contributed by atoms with Crippen LogP contribution in [0.25, 0.3) is 0 Å². The third-order valence-electron chi connectivity index (χ3n) is 10.0. The standard InChI is InChI=1S/C29H46O8/c1-17(2)19-11-10-18(3)16-20(19)32-27(31)33-22-21(30)23-25(36-28(34-23)12-6-4-7-13-28)26-24(22)35-29(37-26)14-8-5-9-15-29/h17-26,30H,4-16H2,1-3H3/t18-,19-,20+,21+,22+,23+,24-,25+,26-/m1/s1. The number of aliphatic hydroxyl groups is 1. The molecule has 0 aromatic heterocycles. The molecule has 37 heavy (non-hydrogen) atoms. The second-order valence-electron chi connectivity index (χ2n) is 13.1. The van der Waals surface area contributed by atoms with Crippen molar-refractivity contribution in [1.29, 1.82) is 0 Å². The van der Waals surface area contributed by atoms with Crippen LogP contribution in [0.15, 0.2) is 0 Å². The van der Waals surface area contributed by atoms with Crippen molar-refractivity contribution in [2.45, 2.75) is 159 Å². The Kier molecular flexibility index (Phi) is 7.27. The zero-order chi connectivity index (χ0) is 25.8. The van der Waals surface area contributed by atoms with Crippen molar-refractivity contribution in [3.8, 4) is 0 Å². The summed E-state index contributed by atoms with van der Waals surface area (Å²) in [6, 6.07) is 0. The fourth-order valence-corrected chi connectivity index (χ4v) is 8.02. The van der Waals surface area contributed by atoms with E-state index in [1.54, 1.807) is 0 Å². The first-order valence-electron chi connectivity index (χ1n) is 15.0. The van der Waals surface area contributed by atoms with Crippen LogP contribution in [0.5, 0.6) is 0 Å². The van der Waals surface area contributed by atoms with Gasteiger partial charge >= 0.3 is 6.16 Å². The van der Waals surface area contributed by atoms with Gasteiger partial charge in [-0.25, -0.2) is 4.79 Å². The van der Waals surface area contributed by atoms with Gasteiger partial charge in [0.05, 0.1) is 0 Å². The number of aliphatic hydroxyl groups excluding tert-OH is 1. The summed E-state index contributed by atoms with van der Waals surface area (Å²) in [6.45, 7) is 6.58. The minimum Gasteiger partial charge on any atom is -0.431 e. The molecule has 0 aromatic carbocycles. The van der Waals surface area contributed by atoms with E-state index in [1.165, 1.54) is 0 Å². The van der Waals surface area contributed by atoms with Gasteiger partial charge in [0.2, 0.25) is 0 Å². The summed E-state index contributed by atoms with van der Waals surface area (Å²) < 4.78 is 38.2. The number of hydrogen-bond donors (Lipinski definition) is 1. The van der Waals surface area contributed by atoms with Crippen LogP contribution in [0.3, 0.4) is 0 Å². The fraction of sp³-hybridized carbons (Fsp3) is 0.966. The minimum atomic E-state index is -1.08. The molecule has 0 amide bonds. The van der Waals surface area contributed by atoms with Crippen molar-refractivity contribution in [3.05, 3.63) is 0 Å². The Morgan fingerprint density at radius 3 is 1.92 bits per heavy atom. The van der Waals surface area contributed by atoms with Crippen molar-refractivity contribution >= 4 is 6.16 Å². The Morgan fingerprint density at radius 1 is 0.784 bits per heavy atom. The summed E-state index contributed by atoms with van der Waals surface area (Å²) in [6.07, 6.45) is 7.64. The zero-order valence-electron chi connectivity index (χ0n) is 22.8. The smallest absolute Gasteiger partial charge is 0.431 e. The third kappa shape index (κ3) is 4.94. The molecule has 2 aliphatic heterocycles. The zero-order valence-corrected chi connectivity index (χ0v) is 22.8. The van der Waals surface area contributed by atoms with Crippen molar-refractivity contribution in [3.63, 3.8) is 0 Å². The lowest BCUT2D eigenvalue weighted by Gasteiger charge is -2.40. The Hall–Kier alpha value is -0.930. The van der Waals surface area contributed by atoms with E-state index in [1.807, 2.05) is 0 Å². The first kappa shape index (κ1) is 26.3. The Labute approximate surface area is 221 Å². The topological polar surface area (TPSA) is 92.7 Å². The Morgan fingerprint density at radius 2 is 1.32 bits per heavy atom. The molecular weight excluding hydrogens is 476 g/mol. The SMILES string of the molecule is CC(C)[C@H]1CC[C@@H](C)C[C@@H]1OC(=O)O[C@H]1[C@H](O)[C@@H]2OC3(CCCCC3)O[C@@H]2[C@@H]2OC3(CCCCC3)O[C@@H]21. The predicted molar refractivity (Wildman–Crippen MR) is 134 cm³/mol. The molecule has 1 N–H and O–H groups in total. The van der Waals surface area contributed by atoms with Crippen LogP contribution in [-0.4, -0.2) is 65.6 Å². The molecule has 0 aromatic rings. The van der Waals surface area contributed by atoms with Crippen LogP contribution in [-0.2, 0) is 28.4 Å². The average molecular weight is 523 g/mol. The normalized spacial score (nSPS) is 44.5. The number of fused-ring (bicyclic) bond motifs is 3. The van der Waals surface area contributed by atoms with Crippen molar-refractivity contribution in [1.82, 2.24) is 0 Å². The second kappa shape index (κ2) is 10.2. The van der Waals surface area contributed by atoms with Crippen molar-refractivity contribution in [2.75, 3.05) is 0 Å². The highest BCUT2D eigenvalue weighted by molar-refractivity contribution is 5.60. The summed E-state index contributed by atoms with van der Waals surface area (Å²) in [7, 11) is 0. The summed E-state index contributed by atoms with van der Waals surface area (Å²) in [5.74, 6) is -0.161. The van der Waals surface area contributed by atoms with Crippen molar-refractivity contribution in [2.24, 2.45) is 17.8 Å². The van der Waals surface area contributed by atoms with Gasteiger partial charge in [-0.05, 0) is 56.3 Å². The molecule has 2 heterocycles. The molecule has 6 aliphatic rings. The van der Waals surface area contributed by atoms with Gasteiger partial charge in [0.15, 0.2) is 17.7 Å². The first-order chi connectivity index (χ1) is 17.8. The number of ether oxygens (including phenoxy) is 6. The molecule has 0 radical (unpaired) electrons. The molecule has 2 saturated heterocycles. The summed E-state index contributed by atoms with van der Waals surface area (Å²) >= 11 is 0. The maximum atomic E-state index is 13.2. The predicted octanol–water partition coefficient (Wildman–Crippen LogP) is 5.23. The van der Waals surface area contributed by atoms with Gasteiger partial charge in [0, 0.05) is 25.7 Å². The average Bonchev–Trinajstić information content (AvgIpc) is 3.41. The van der Waals surface area contributed by atoms with Gasteiger partial charge in [0.1, 0.15) is 36.6 Å². The molecule has 9 atom stereocenters. The van der Waals surface area contributed by atoms with Gasteiger partial charge in [-0.2, -0.15) is 0 Å². The lowest BCUT2D eigenvalue weighted by Crippen LogP contribution is -2.62. The maximum absolute atomic E-state index is 13.2. The summed E-state index contributed by atoms with van der Waals surface area (Å²) in [5, 5.41) is 11.6. The van der Waals surface area contributed by atoms with Crippen LogP contribution in [0, 0.1) is 17.8 Å². The molecule has 4 aliphatic carbocycles. The lowest BCUT2D eigenvalue weighted by atomic mass is 9.75. The fourth-order valence-electron chi connectivity index (χ4n) is 8.02. The van der Waals surface area contributed by atoms with E-state index in [9.17, 15) is 9.90 Å². The molecule has 2 spiro atoms. The van der Waals surface area contributed by atoms with Gasteiger partial charge in [-0.3, -0.25) is 0 Å². The maximum Gasteiger partial charge on any atom is 0.509 e. The molecule has 8 nitrogen and oxygen atoms in total. The second-order valence-corrected chi connectivity index (χ2v) is 13.1. The highest BCUT2D eigenvalue weighted by Crippen LogP contribution is 2.52. The first-order valence-corrected chi connectivity index (χ1v) is 15.0. The van der Waals surface area contributed by atoms with Crippen LogP contribution in [0.2, 0.25) is 0 Å². The van der Waals surface area contributed by atoms with Gasteiger partial charge in [0.25, 0.3) is 0 Å². The minimum absolute atomic E-state index is 0.178. The molecule has 6 fully saturated rings. The van der Waals surface area contributed by atoms with E-state index in [2.05, 4.69) is 20.8 Å². The molecular formula is C29H46O8. The van der Waals surface area contributed by atoms with Crippen molar-refractivity contribution < 1.29 is 38.3 Å². The number of carbonyl (C=O) groups is 1. The van der Waals surface area contributed by atoms with E-state index >= 15 is 0 Å². The quantitative estimate of drug-likeness (QED) is 0.504. The molecule has 8 heteroatoms. The van der Waals surface area contributed by atoms with Crippen LogP contribution >= 0.6 is 0 Å². The van der Waals surface area contributed by atoms with Gasteiger partial charge in [-0.15, -0.1) is 0 Å². The number of carbonyl (C=O) groups excluding carboxylic acids is 1. The highest BCUT2D eigenvalue weighted by Gasteiger charge is 2.67. The number of hydrogen-bond acceptors (Lipinski definition) is 8. The highest BCUT2D eigenvalue weighted by atomic mass is 16.8. The monoisotopic (exact) mass is 522 g/mol. The molecule has 0 unspecified atom stereocenters. The Bertz CT molecular complexity index is 819.